The lowest BCUT2D eigenvalue weighted by Gasteiger charge is -2.05. The van der Waals surface area contributed by atoms with E-state index in [0.717, 1.165) is 29.5 Å². The van der Waals surface area contributed by atoms with E-state index in [4.69, 9.17) is 9.47 Å². The molecule has 0 amide bonds. The van der Waals surface area contributed by atoms with Gasteiger partial charge in [0, 0.05) is 18.0 Å². The number of benzene rings is 1. The highest BCUT2D eigenvalue weighted by atomic mass is 16.5. The molecule has 0 N–H and O–H groups in total. The number of hydrogen-bond donors (Lipinski definition) is 0. The Morgan fingerprint density at radius 2 is 2.11 bits per heavy atom. The Bertz CT molecular complexity index is 586. The largest absolute Gasteiger partial charge is 0.497 e. The quantitative estimate of drug-likeness (QED) is 0.613. The molecule has 0 unspecified atom stereocenters. The fraction of sp³-hybridized carbons (Fsp3) is 0.400. The second-order valence-corrected chi connectivity index (χ2v) is 4.50. The summed E-state index contributed by atoms with van der Waals surface area (Å²) in [7, 11) is 3.50. The molecule has 1 aromatic carbocycles. The van der Waals surface area contributed by atoms with Crippen molar-refractivity contribution in [2.75, 3.05) is 13.7 Å². The van der Waals surface area contributed by atoms with Gasteiger partial charge < -0.3 is 14.0 Å². The SMILES string of the molecule is CCCCOC(=O)c1cc2cc(OC)ccc2n1C. The first-order chi connectivity index (χ1) is 9.17. The van der Waals surface area contributed by atoms with Crippen molar-refractivity contribution < 1.29 is 14.3 Å². The van der Waals surface area contributed by atoms with Gasteiger partial charge in [-0.3, -0.25) is 0 Å². The van der Waals surface area contributed by atoms with E-state index in [2.05, 4.69) is 6.92 Å². The minimum Gasteiger partial charge on any atom is -0.497 e. The normalized spacial score (nSPS) is 10.7. The fourth-order valence-electron chi connectivity index (χ4n) is 2.03. The van der Waals surface area contributed by atoms with Crippen LogP contribution in [0.4, 0.5) is 0 Å². The smallest absolute Gasteiger partial charge is 0.354 e. The highest BCUT2D eigenvalue weighted by Crippen LogP contribution is 2.24. The summed E-state index contributed by atoms with van der Waals surface area (Å²) >= 11 is 0. The minimum absolute atomic E-state index is 0.272. The van der Waals surface area contributed by atoms with Gasteiger partial charge in [-0.15, -0.1) is 0 Å². The molecule has 1 heterocycles. The van der Waals surface area contributed by atoms with Crippen LogP contribution in [0.15, 0.2) is 24.3 Å². The topological polar surface area (TPSA) is 40.5 Å². The first-order valence-corrected chi connectivity index (χ1v) is 6.48. The summed E-state index contributed by atoms with van der Waals surface area (Å²) in [6.45, 7) is 2.54. The molecule has 0 atom stereocenters. The second-order valence-electron chi connectivity index (χ2n) is 4.50. The minimum atomic E-state index is -0.272. The van der Waals surface area contributed by atoms with E-state index in [1.807, 2.05) is 35.9 Å². The number of carbonyl (C=O) groups excluding carboxylic acids is 1. The number of esters is 1. The Morgan fingerprint density at radius 1 is 1.32 bits per heavy atom. The van der Waals surface area contributed by atoms with Gasteiger partial charge in [0.15, 0.2) is 0 Å². The van der Waals surface area contributed by atoms with Gasteiger partial charge in [0.2, 0.25) is 0 Å². The van der Waals surface area contributed by atoms with Crippen molar-refractivity contribution in [3.63, 3.8) is 0 Å². The van der Waals surface area contributed by atoms with Gasteiger partial charge in [-0.1, -0.05) is 13.3 Å². The van der Waals surface area contributed by atoms with Crippen molar-refractivity contribution >= 4 is 16.9 Å². The molecule has 4 nitrogen and oxygen atoms in total. The lowest BCUT2D eigenvalue weighted by molar-refractivity contribution is 0.0489. The first kappa shape index (κ1) is 13.5. The molecular formula is C15H19NO3. The van der Waals surface area contributed by atoms with Crippen LogP contribution in [0, 0.1) is 0 Å². The molecule has 0 aliphatic heterocycles. The number of hydrogen-bond acceptors (Lipinski definition) is 3. The van der Waals surface area contributed by atoms with Crippen LogP contribution in [-0.4, -0.2) is 24.3 Å². The number of methoxy groups -OCH3 is 1. The lowest BCUT2D eigenvalue weighted by atomic mass is 10.2. The van der Waals surface area contributed by atoms with Crippen LogP contribution in [0.2, 0.25) is 0 Å². The van der Waals surface area contributed by atoms with Gasteiger partial charge in [0.25, 0.3) is 0 Å². The second kappa shape index (κ2) is 5.78. The summed E-state index contributed by atoms with van der Waals surface area (Å²) in [5.41, 5.74) is 1.56. The highest BCUT2D eigenvalue weighted by molar-refractivity contribution is 5.96. The molecule has 0 aliphatic carbocycles. The molecule has 0 aliphatic rings. The molecule has 0 saturated heterocycles. The number of nitrogens with zero attached hydrogens (tertiary/aromatic N) is 1. The summed E-state index contributed by atoms with van der Waals surface area (Å²) in [5.74, 6) is 0.509. The maximum Gasteiger partial charge on any atom is 0.354 e. The van der Waals surface area contributed by atoms with Crippen LogP contribution in [0.5, 0.6) is 5.75 Å². The first-order valence-electron chi connectivity index (χ1n) is 6.48. The Kier molecular flexibility index (Phi) is 4.10. The molecule has 0 fully saturated rings. The Morgan fingerprint density at radius 3 is 2.79 bits per heavy atom. The average molecular weight is 261 g/mol. The van der Waals surface area contributed by atoms with Crippen molar-refractivity contribution in [3.05, 3.63) is 30.0 Å². The van der Waals surface area contributed by atoms with Crippen molar-refractivity contribution in [2.45, 2.75) is 19.8 Å². The third kappa shape index (κ3) is 2.72. The average Bonchev–Trinajstić information content (AvgIpc) is 2.75. The number of ether oxygens (including phenoxy) is 2. The molecule has 0 saturated carbocycles. The number of aromatic nitrogens is 1. The molecule has 2 aromatic rings. The van der Waals surface area contributed by atoms with E-state index in [1.165, 1.54) is 0 Å². The zero-order valence-electron chi connectivity index (χ0n) is 11.6. The number of rotatable bonds is 5. The zero-order valence-corrected chi connectivity index (χ0v) is 11.6. The standard InChI is InChI=1S/C15H19NO3/c1-4-5-8-19-15(17)14-10-11-9-12(18-3)6-7-13(11)16(14)2/h6-7,9-10H,4-5,8H2,1-3H3. The van der Waals surface area contributed by atoms with Gasteiger partial charge in [0.1, 0.15) is 11.4 Å². The van der Waals surface area contributed by atoms with Crippen molar-refractivity contribution in [2.24, 2.45) is 7.05 Å². The molecule has 19 heavy (non-hydrogen) atoms. The summed E-state index contributed by atoms with van der Waals surface area (Å²) in [6.07, 6.45) is 1.91. The maximum absolute atomic E-state index is 12.0. The molecule has 0 radical (unpaired) electrons. The van der Waals surface area contributed by atoms with Crippen LogP contribution < -0.4 is 4.74 Å². The molecular weight excluding hydrogens is 242 g/mol. The van der Waals surface area contributed by atoms with Gasteiger partial charge in [0.05, 0.1) is 13.7 Å². The summed E-state index contributed by atoms with van der Waals surface area (Å²) < 4.78 is 12.3. The molecule has 102 valence electrons. The zero-order chi connectivity index (χ0) is 13.8. The molecule has 0 bridgehead atoms. The van der Waals surface area contributed by atoms with E-state index in [1.54, 1.807) is 7.11 Å². The predicted octanol–water partition coefficient (Wildman–Crippen LogP) is 3.14. The Hall–Kier alpha value is -1.97. The predicted molar refractivity (Wildman–Crippen MR) is 74.7 cm³/mol. The summed E-state index contributed by atoms with van der Waals surface area (Å²) in [4.78, 5) is 12.0. The summed E-state index contributed by atoms with van der Waals surface area (Å²) in [6, 6.07) is 7.58. The monoisotopic (exact) mass is 261 g/mol. The van der Waals surface area contributed by atoms with Gasteiger partial charge >= 0.3 is 5.97 Å². The molecule has 0 spiro atoms. The van der Waals surface area contributed by atoms with Crippen molar-refractivity contribution in [1.82, 2.24) is 4.57 Å². The van der Waals surface area contributed by atoms with Crippen molar-refractivity contribution in [3.8, 4) is 5.75 Å². The fourth-order valence-corrected chi connectivity index (χ4v) is 2.03. The number of unbranched alkanes of at least 4 members (excludes halogenated alkanes) is 1. The van der Waals surface area contributed by atoms with Crippen LogP contribution in [0.1, 0.15) is 30.3 Å². The van der Waals surface area contributed by atoms with Gasteiger partial charge in [-0.25, -0.2) is 4.79 Å². The molecule has 1 aromatic heterocycles. The van der Waals surface area contributed by atoms with E-state index < -0.39 is 0 Å². The van der Waals surface area contributed by atoms with Gasteiger partial charge in [-0.2, -0.15) is 0 Å². The van der Waals surface area contributed by atoms with E-state index in [9.17, 15) is 4.79 Å². The van der Waals surface area contributed by atoms with Crippen LogP contribution in [0.25, 0.3) is 10.9 Å². The summed E-state index contributed by atoms with van der Waals surface area (Å²) in [5, 5.41) is 0.976. The van der Waals surface area contributed by atoms with E-state index in [-0.39, 0.29) is 5.97 Å². The number of carbonyl (C=O) groups is 1. The molecule has 4 heteroatoms. The maximum atomic E-state index is 12.0. The van der Waals surface area contributed by atoms with Crippen LogP contribution >= 0.6 is 0 Å². The lowest BCUT2D eigenvalue weighted by Crippen LogP contribution is -2.10. The third-order valence-electron chi connectivity index (χ3n) is 3.19. The van der Waals surface area contributed by atoms with E-state index in [0.29, 0.717) is 12.3 Å². The van der Waals surface area contributed by atoms with Crippen LogP contribution in [0.3, 0.4) is 0 Å². The highest BCUT2D eigenvalue weighted by Gasteiger charge is 2.14. The third-order valence-corrected chi connectivity index (χ3v) is 3.19. The number of aryl methyl sites for hydroxylation is 1. The van der Waals surface area contributed by atoms with E-state index >= 15 is 0 Å². The molecule has 2 rings (SSSR count). The van der Waals surface area contributed by atoms with Crippen LogP contribution in [-0.2, 0) is 11.8 Å². The Balaban J connectivity index is 2.28. The number of fused-ring (bicyclic) bond motifs is 1. The Labute approximate surface area is 112 Å². The van der Waals surface area contributed by atoms with Gasteiger partial charge in [-0.05, 0) is 30.7 Å². The van der Waals surface area contributed by atoms with Crippen molar-refractivity contribution in [1.29, 1.82) is 0 Å².